The molecule has 3 rings (SSSR count). The number of hydrogen-bond donors (Lipinski definition) is 2. The zero-order valence-electron chi connectivity index (χ0n) is 16.9. The summed E-state index contributed by atoms with van der Waals surface area (Å²) in [7, 11) is 0. The minimum atomic E-state index is -0.654. The van der Waals surface area contributed by atoms with Crippen LogP contribution in [0.3, 0.4) is 0 Å². The van der Waals surface area contributed by atoms with Gasteiger partial charge in [0.15, 0.2) is 12.4 Å². The lowest BCUT2D eigenvalue weighted by Crippen LogP contribution is -2.20. The number of primary amides is 1. The molecular weight excluding hydrogens is 478 g/mol. The second kappa shape index (κ2) is 11.0. The molecule has 4 N–H and O–H groups in total. The van der Waals surface area contributed by atoms with Crippen LogP contribution in [0.4, 0.5) is 0 Å². The van der Waals surface area contributed by atoms with Gasteiger partial charge < -0.3 is 25.8 Å². The Morgan fingerprint density at radius 1 is 0.844 bits per heavy atom. The molecule has 0 fully saturated rings. The number of halogens is 1. The van der Waals surface area contributed by atoms with E-state index in [4.69, 9.17) is 25.8 Å². The van der Waals surface area contributed by atoms with Gasteiger partial charge in [0.25, 0.3) is 5.91 Å². The first-order chi connectivity index (χ1) is 15.4. The van der Waals surface area contributed by atoms with Crippen LogP contribution in [-0.4, -0.2) is 24.3 Å². The molecule has 164 valence electrons. The molecule has 0 aliphatic heterocycles. The number of rotatable bonds is 9. The normalized spacial score (nSPS) is 11.0. The van der Waals surface area contributed by atoms with Gasteiger partial charge in [0.05, 0.1) is 5.56 Å². The second-order valence-electron chi connectivity index (χ2n) is 6.58. The molecule has 0 aliphatic rings. The van der Waals surface area contributed by atoms with Crippen LogP contribution in [-0.2, 0) is 16.2 Å². The van der Waals surface area contributed by atoms with Gasteiger partial charge in [-0.2, -0.15) is 0 Å². The third kappa shape index (κ3) is 6.85. The molecule has 0 saturated carbocycles. The molecule has 0 spiro atoms. The smallest absolute Gasteiger partial charge is 0.365 e. The number of nitrogens with zero attached hydrogens (tertiary/aromatic N) is 1. The van der Waals surface area contributed by atoms with Crippen LogP contribution in [0, 0.1) is 0 Å². The number of amides is 1. The number of oxime groups is 1. The highest BCUT2D eigenvalue weighted by molar-refractivity contribution is 9.10. The molecule has 0 radical (unpaired) electrons. The molecule has 0 heterocycles. The van der Waals surface area contributed by atoms with Gasteiger partial charge in [-0.3, -0.25) is 4.79 Å². The van der Waals surface area contributed by atoms with E-state index in [-0.39, 0.29) is 19.0 Å². The number of ether oxygens (including phenoxy) is 2. The average Bonchev–Trinajstić information content (AvgIpc) is 2.80. The van der Waals surface area contributed by atoms with Gasteiger partial charge in [0.2, 0.25) is 0 Å². The Balaban J connectivity index is 1.58. The molecule has 3 aromatic rings. The summed E-state index contributed by atoms with van der Waals surface area (Å²) in [4.78, 5) is 28.1. The molecular formula is C23H20BrN3O5. The van der Waals surface area contributed by atoms with E-state index in [2.05, 4.69) is 21.1 Å². The maximum atomic E-state index is 12.4. The maximum Gasteiger partial charge on any atom is 0.365 e. The molecule has 32 heavy (non-hydrogen) atoms. The van der Waals surface area contributed by atoms with E-state index in [1.807, 2.05) is 30.3 Å². The van der Waals surface area contributed by atoms with Gasteiger partial charge in [0, 0.05) is 10.0 Å². The molecule has 0 bridgehead atoms. The number of carbonyl (C=O) groups is 2. The molecule has 0 atom stereocenters. The van der Waals surface area contributed by atoms with Gasteiger partial charge >= 0.3 is 5.97 Å². The number of benzene rings is 3. The van der Waals surface area contributed by atoms with Crippen molar-refractivity contribution in [2.24, 2.45) is 16.6 Å². The minimum absolute atomic E-state index is 0.00828. The third-order valence-electron chi connectivity index (χ3n) is 4.12. The van der Waals surface area contributed by atoms with Gasteiger partial charge in [-0.05, 0) is 60.2 Å². The van der Waals surface area contributed by atoms with Crippen LogP contribution in [0.1, 0.15) is 21.5 Å². The Bertz CT molecular complexity index is 1130. The summed E-state index contributed by atoms with van der Waals surface area (Å²) in [5.74, 6) is -0.0755. The van der Waals surface area contributed by atoms with Crippen molar-refractivity contribution >= 4 is 33.6 Å². The Morgan fingerprint density at radius 3 is 2.31 bits per heavy atom. The van der Waals surface area contributed by atoms with E-state index in [1.165, 1.54) is 0 Å². The number of nitrogens with two attached hydrogens (primary N) is 2. The van der Waals surface area contributed by atoms with Crippen molar-refractivity contribution in [3.63, 3.8) is 0 Å². The van der Waals surface area contributed by atoms with E-state index < -0.39 is 11.9 Å². The zero-order valence-corrected chi connectivity index (χ0v) is 18.4. The Morgan fingerprint density at radius 2 is 1.59 bits per heavy atom. The predicted molar refractivity (Wildman–Crippen MR) is 122 cm³/mol. The first-order valence-corrected chi connectivity index (χ1v) is 10.2. The van der Waals surface area contributed by atoms with Crippen LogP contribution in [0.5, 0.6) is 11.5 Å². The summed E-state index contributed by atoms with van der Waals surface area (Å²) >= 11 is 3.39. The fourth-order valence-electron chi connectivity index (χ4n) is 2.58. The summed E-state index contributed by atoms with van der Waals surface area (Å²) in [5, 5.41) is 3.70. The molecule has 0 saturated heterocycles. The van der Waals surface area contributed by atoms with Crippen molar-refractivity contribution in [2.75, 3.05) is 6.61 Å². The van der Waals surface area contributed by atoms with Crippen LogP contribution >= 0.6 is 15.9 Å². The number of amidine groups is 1. The summed E-state index contributed by atoms with van der Waals surface area (Å²) in [5.41, 5.74) is 12.5. The standard InChI is InChI=1S/C23H20BrN3O5/c24-18-5-2-6-20(12-18)30-13-15-3-1-4-17(11-15)23(29)32-27-22(26)16-7-9-19(10-8-16)31-14-21(25)28/h1-12H,13-14H2,(H2,25,28)(H2,26,27). The van der Waals surface area contributed by atoms with E-state index >= 15 is 0 Å². The molecule has 0 unspecified atom stereocenters. The van der Waals surface area contributed by atoms with Gasteiger partial charge in [-0.25, -0.2) is 4.79 Å². The minimum Gasteiger partial charge on any atom is -0.489 e. The number of hydrogen-bond acceptors (Lipinski definition) is 6. The van der Waals surface area contributed by atoms with Crippen molar-refractivity contribution in [3.8, 4) is 11.5 Å². The fraction of sp³-hybridized carbons (Fsp3) is 0.0870. The van der Waals surface area contributed by atoms with Crippen LogP contribution in [0.25, 0.3) is 0 Å². The second-order valence-corrected chi connectivity index (χ2v) is 7.50. The van der Waals surface area contributed by atoms with Crippen LogP contribution in [0.15, 0.2) is 82.4 Å². The quantitative estimate of drug-likeness (QED) is 0.202. The molecule has 8 nitrogen and oxygen atoms in total. The Kier molecular flexibility index (Phi) is 7.82. The Hall–Kier alpha value is -3.85. The lowest BCUT2D eigenvalue weighted by atomic mass is 10.1. The SMILES string of the molecule is NC(=O)COc1ccc(/C(N)=N/OC(=O)c2cccc(COc3cccc(Br)c3)c2)cc1. The van der Waals surface area contributed by atoms with E-state index in [1.54, 1.807) is 42.5 Å². The van der Waals surface area contributed by atoms with Crippen molar-refractivity contribution in [1.82, 2.24) is 0 Å². The molecule has 0 aromatic heterocycles. The van der Waals surface area contributed by atoms with E-state index in [0.29, 0.717) is 22.6 Å². The summed E-state index contributed by atoms with van der Waals surface area (Å²) in [6, 6.07) is 20.7. The zero-order chi connectivity index (χ0) is 22.9. The molecule has 9 heteroatoms. The summed E-state index contributed by atoms with van der Waals surface area (Å²) in [6.45, 7) is 0.0562. The highest BCUT2D eigenvalue weighted by atomic mass is 79.9. The maximum absolute atomic E-state index is 12.4. The first kappa shape index (κ1) is 22.8. The predicted octanol–water partition coefficient (Wildman–Crippen LogP) is 3.37. The van der Waals surface area contributed by atoms with Crippen molar-refractivity contribution < 1.29 is 23.9 Å². The van der Waals surface area contributed by atoms with Crippen molar-refractivity contribution in [1.29, 1.82) is 0 Å². The van der Waals surface area contributed by atoms with Crippen LogP contribution in [0.2, 0.25) is 0 Å². The lowest BCUT2D eigenvalue weighted by Gasteiger charge is -2.08. The van der Waals surface area contributed by atoms with Crippen LogP contribution < -0.4 is 20.9 Å². The first-order valence-electron chi connectivity index (χ1n) is 9.44. The Labute approximate surface area is 192 Å². The number of carbonyl (C=O) groups excluding carboxylic acids is 2. The molecule has 1 amide bonds. The highest BCUT2D eigenvalue weighted by Gasteiger charge is 2.10. The monoisotopic (exact) mass is 497 g/mol. The largest absolute Gasteiger partial charge is 0.489 e. The van der Waals surface area contributed by atoms with Gasteiger partial charge in [-0.15, -0.1) is 0 Å². The lowest BCUT2D eigenvalue weighted by molar-refractivity contribution is -0.119. The topological polar surface area (TPSA) is 126 Å². The van der Waals surface area contributed by atoms with Crippen molar-refractivity contribution in [3.05, 3.63) is 94.0 Å². The third-order valence-corrected chi connectivity index (χ3v) is 4.62. The summed E-state index contributed by atoms with van der Waals surface area (Å²) < 4.78 is 11.8. The molecule has 3 aromatic carbocycles. The average molecular weight is 498 g/mol. The summed E-state index contributed by atoms with van der Waals surface area (Å²) in [6.07, 6.45) is 0. The highest BCUT2D eigenvalue weighted by Crippen LogP contribution is 2.19. The fourth-order valence-corrected chi connectivity index (χ4v) is 2.96. The van der Waals surface area contributed by atoms with Gasteiger partial charge in [-0.1, -0.05) is 39.3 Å². The van der Waals surface area contributed by atoms with Crippen molar-refractivity contribution in [2.45, 2.75) is 6.61 Å². The molecule has 0 aliphatic carbocycles. The van der Waals surface area contributed by atoms with E-state index in [0.717, 1.165) is 10.0 Å². The van der Waals surface area contributed by atoms with Gasteiger partial charge in [0.1, 0.15) is 18.1 Å². The van der Waals surface area contributed by atoms with E-state index in [9.17, 15) is 9.59 Å².